The molecular formula is C18H14N2O9S. The number of imide groups is 1. The molecule has 1 saturated heterocycles. The van der Waals surface area contributed by atoms with Crippen molar-refractivity contribution in [3.63, 3.8) is 0 Å². The SMILES string of the molecule is COC(=O)c1ccc(CN2C(=O)SC(=Cc3cc(OC)c(O)c([N+](=O)[O-])c3)C2=O)o1. The number of nitrogens with zero attached hydrogens (tertiary/aromatic N) is 2. The molecule has 0 unspecified atom stereocenters. The maximum atomic E-state index is 12.6. The van der Waals surface area contributed by atoms with Crippen LogP contribution in [-0.2, 0) is 16.1 Å². The van der Waals surface area contributed by atoms with E-state index in [9.17, 15) is 29.6 Å². The first kappa shape index (κ1) is 20.9. The molecule has 1 aromatic carbocycles. The van der Waals surface area contributed by atoms with E-state index in [0.29, 0.717) is 11.8 Å². The molecule has 2 aromatic rings. The Bertz CT molecular complexity index is 1090. The summed E-state index contributed by atoms with van der Waals surface area (Å²) in [6, 6.07) is 5.15. The highest BCUT2D eigenvalue weighted by atomic mass is 32.2. The van der Waals surface area contributed by atoms with Crippen molar-refractivity contribution in [2.24, 2.45) is 0 Å². The number of hydrogen-bond acceptors (Lipinski definition) is 10. The summed E-state index contributed by atoms with van der Waals surface area (Å²) in [7, 11) is 2.41. The Kier molecular flexibility index (Phi) is 5.78. The number of nitro groups is 1. The van der Waals surface area contributed by atoms with Gasteiger partial charge in [-0.25, -0.2) is 4.79 Å². The van der Waals surface area contributed by atoms with E-state index < -0.39 is 33.5 Å². The molecule has 0 radical (unpaired) electrons. The number of furan rings is 1. The van der Waals surface area contributed by atoms with Gasteiger partial charge >= 0.3 is 11.7 Å². The van der Waals surface area contributed by atoms with E-state index in [1.54, 1.807) is 0 Å². The van der Waals surface area contributed by atoms with E-state index in [0.717, 1.165) is 11.0 Å². The van der Waals surface area contributed by atoms with Crippen LogP contribution in [0.1, 0.15) is 21.9 Å². The molecule has 3 rings (SSSR count). The second-order valence-corrected chi connectivity index (χ2v) is 6.87. The van der Waals surface area contributed by atoms with Crippen molar-refractivity contribution >= 4 is 40.6 Å². The van der Waals surface area contributed by atoms with Crippen molar-refractivity contribution in [1.82, 2.24) is 4.90 Å². The highest BCUT2D eigenvalue weighted by Gasteiger charge is 2.36. The lowest BCUT2D eigenvalue weighted by molar-refractivity contribution is -0.386. The molecule has 12 heteroatoms. The number of carbonyl (C=O) groups is 3. The van der Waals surface area contributed by atoms with Crippen LogP contribution in [0, 0.1) is 10.1 Å². The van der Waals surface area contributed by atoms with Gasteiger partial charge in [0.05, 0.1) is 30.6 Å². The lowest BCUT2D eigenvalue weighted by atomic mass is 10.1. The molecule has 2 heterocycles. The summed E-state index contributed by atoms with van der Waals surface area (Å²) >= 11 is 0.637. The first-order valence-electron chi connectivity index (χ1n) is 8.23. The molecule has 30 heavy (non-hydrogen) atoms. The zero-order valence-corrected chi connectivity index (χ0v) is 16.4. The molecule has 0 bridgehead atoms. The average molecular weight is 434 g/mol. The third-order valence-corrected chi connectivity index (χ3v) is 4.93. The fourth-order valence-corrected chi connectivity index (χ4v) is 3.45. The molecule has 11 nitrogen and oxygen atoms in total. The Morgan fingerprint density at radius 2 is 2.07 bits per heavy atom. The Hall–Kier alpha value is -3.80. The molecule has 0 aliphatic carbocycles. The Morgan fingerprint density at radius 1 is 1.33 bits per heavy atom. The standard InChI is InChI=1S/C18H14N2O9S/c1-27-13-6-9(5-11(15(13)21)20(25)26)7-14-16(22)19(18(24)30-14)8-10-3-4-12(29-10)17(23)28-2/h3-7,21H,8H2,1-2H3. The van der Waals surface area contributed by atoms with Crippen molar-refractivity contribution in [1.29, 1.82) is 0 Å². The monoisotopic (exact) mass is 434 g/mol. The third-order valence-electron chi connectivity index (χ3n) is 4.03. The Morgan fingerprint density at radius 3 is 2.70 bits per heavy atom. The number of methoxy groups -OCH3 is 2. The number of carbonyl (C=O) groups excluding carboxylic acids is 3. The fraction of sp³-hybridized carbons (Fsp3) is 0.167. The molecule has 1 aliphatic heterocycles. The summed E-state index contributed by atoms with van der Waals surface area (Å²) in [5, 5.41) is 20.4. The molecule has 1 aromatic heterocycles. The number of thioether (sulfide) groups is 1. The second-order valence-electron chi connectivity index (χ2n) is 5.87. The highest BCUT2D eigenvalue weighted by Crippen LogP contribution is 2.39. The molecule has 0 spiro atoms. The van der Waals surface area contributed by atoms with Gasteiger partial charge in [-0.2, -0.15) is 0 Å². The topological polar surface area (TPSA) is 149 Å². The number of phenolic OH excluding ortho intramolecular Hbond substituents is 1. The number of rotatable bonds is 6. The quantitative estimate of drug-likeness (QED) is 0.311. The number of nitro benzene ring substituents is 1. The Balaban J connectivity index is 1.86. The van der Waals surface area contributed by atoms with E-state index in [4.69, 9.17) is 9.15 Å². The van der Waals surface area contributed by atoms with Crippen LogP contribution < -0.4 is 4.74 Å². The first-order chi connectivity index (χ1) is 14.2. The van der Waals surface area contributed by atoms with Gasteiger partial charge in [0.2, 0.25) is 11.5 Å². The third kappa shape index (κ3) is 3.98. The van der Waals surface area contributed by atoms with Crippen molar-refractivity contribution in [2.45, 2.75) is 6.54 Å². The van der Waals surface area contributed by atoms with E-state index in [-0.39, 0.29) is 34.3 Å². The molecule has 2 amide bonds. The van der Waals surface area contributed by atoms with Gasteiger partial charge < -0.3 is 19.0 Å². The maximum Gasteiger partial charge on any atom is 0.373 e. The molecule has 1 N–H and O–H groups in total. The van der Waals surface area contributed by atoms with Gasteiger partial charge in [0, 0.05) is 6.07 Å². The molecule has 1 aliphatic rings. The minimum atomic E-state index is -0.795. The Labute approximate surface area is 173 Å². The number of aromatic hydroxyl groups is 1. The van der Waals surface area contributed by atoms with Gasteiger partial charge in [-0.15, -0.1) is 0 Å². The summed E-state index contributed by atoms with van der Waals surface area (Å²) in [6.45, 7) is -0.210. The number of benzene rings is 1. The largest absolute Gasteiger partial charge is 0.500 e. The first-order valence-corrected chi connectivity index (χ1v) is 9.04. The summed E-state index contributed by atoms with van der Waals surface area (Å²) in [5.74, 6) is -2.01. The summed E-state index contributed by atoms with van der Waals surface area (Å²) in [5.41, 5.74) is -0.418. The number of phenols is 1. The molecular weight excluding hydrogens is 420 g/mol. The summed E-state index contributed by atoms with van der Waals surface area (Å²) in [4.78, 5) is 47.6. The lowest BCUT2D eigenvalue weighted by Gasteiger charge is -2.10. The van der Waals surface area contributed by atoms with Gasteiger partial charge in [-0.1, -0.05) is 0 Å². The molecule has 0 atom stereocenters. The minimum Gasteiger partial charge on any atom is -0.500 e. The smallest absolute Gasteiger partial charge is 0.373 e. The molecule has 1 fully saturated rings. The number of esters is 1. The van der Waals surface area contributed by atoms with Crippen LogP contribution in [0.3, 0.4) is 0 Å². The highest BCUT2D eigenvalue weighted by molar-refractivity contribution is 8.18. The zero-order valence-electron chi connectivity index (χ0n) is 15.6. The fourth-order valence-electron chi connectivity index (χ4n) is 2.61. The molecule has 156 valence electrons. The average Bonchev–Trinajstić information content (AvgIpc) is 3.29. The maximum absolute atomic E-state index is 12.6. The second kappa shape index (κ2) is 8.29. The van der Waals surface area contributed by atoms with Gasteiger partial charge in [0.25, 0.3) is 11.1 Å². The van der Waals surface area contributed by atoms with E-state index >= 15 is 0 Å². The number of amides is 2. The molecule has 0 saturated carbocycles. The van der Waals surface area contributed by atoms with Crippen LogP contribution in [0.15, 0.2) is 33.6 Å². The predicted molar refractivity (Wildman–Crippen MR) is 103 cm³/mol. The van der Waals surface area contributed by atoms with Gasteiger partial charge in [-0.3, -0.25) is 24.6 Å². The van der Waals surface area contributed by atoms with E-state index in [1.165, 1.54) is 38.5 Å². The van der Waals surface area contributed by atoms with Gasteiger partial charge in [0.15, 0.2) is 5.75 Å². The lowest BCUT2D eigenvalue weighted by Crippen LogP contribution is -2.27. The van der Waals surface area contributed by atoms with Crippen LogP contribution >= 0.6 is 11.8 Å². The van der Waals surface area contributed by atoms with Crippen LogP contribution in [0.2, 0.25) is 0 Å². The van der Waals surface area contributed by atoms with Gasteiger partial charge in [-0.05, 0) is 41.6 Å². The van der Waals surface area contributed by atoms with E-state index in [1.807, 2.05) is 0 Å². The summed E-state index contributed by atoms with van der Waals surface area (Å²) in [6.07, 6.45) is 1.28. The van der Waals surface area contributed by atoms with Crippen LogP contribution in [0.4, 0.5) is 10.5 Å². The minimum absolute atomic E-state index is 0.0155. The van der Waals surface area contributed by atoms with Crippen LogP contribution in [0.25, 0.3) is 6.08 Å². The number of hydrogen-bond donors (Lipinski definition) is 1. The van der Waals surface area contributed by atoms with Crippen molar-refractivity contribution in [3.05, 3.63) is 56.4 Å². The van der Waals surface area contributed by atoms with Crippen molar-refractivity contribution in [3.8, 4) is 11.5 Å². The normalized spacial score (nSPS) is 15.0. The van der Waals surface area contributed by atoms with Gasteiger partial charge in [0.1, 0.15) is 5.76 Å². The number of ether oxygens (including phenoxy) is 2. The summed E-state index contributed by atoms with van der Waals surface area (Å²) < 4.78 is 14.7. The van der Waals surface area contributed by atoms with Crippen LogP contribution in [0.5, 0.6) is 11.5 Å². The zero-order chi connectivity index (χ0) is 22.0. The van der Waals surface area contributed by atoms with Crippen LogP contribution in [-0.4, -0.2) is 46.3 Å². The van der Waals surface area contributed by atoms with Crippen molar-refractivity contribution < 1.29 is 38.3 Å². The van der Waals surface area contributed by atoms with Crippen molar-refractivity contribution in [2.75, 3.05) is 14.2 Å². The van der Waals surface area contributed by atoms with E-state index in [2.05, 4.69) is 4.74 Å². The predicted octanol–water partition coefficient (Wildman–Crippen LogP) is 2.93.